The highest BCUT2D eigenvalue weighted by Crippen LogP contribution is 2.31. The lowest BCUT2D eigenvalue weighted by molar-refractivity contribution is 0.0699. The Morgan fingerprint density at radius 2 is 2.10 bits per heavy atom. The van der Waals surface area contributed by atoms with Gasteiger partial charge in [0.1, 0.15) is 0 Å². The molecule has 0 aliphatic heterocycles. The fraction of sp³-hybridized carbons (Fsp3) is 0.0667. The van der Waals surface area contributed by atoms with Gasteiger partial charge in [0, 0.05) is 9.86 Å². The van der Waals surface area contributed by atoms with Gasteiger partial charge in [0.25, 0.3) is 0 Å². The zero-order chi connectivity index (χ0) is 14.3. The van der Waals surface area contributed by atoms with Gasteiger partial charge in [-0.25, -0.2) is 9.78 Å². The Bertz CT molecular complexity index is 826. The molecule has 1 N–H and O–H groups in total. The Hall–Kier alpha value is -1.72. The van der Waals surface area contributed by atoms with Gasteiger partial charge in [0.15, 0.2) is 0 Å². The predicted molar refractivity (Wildman–Crippen MR) is 84.5 cm³/mol. The molecule has 3 aromatic rings. The molecule has 0 unspecified atom stereocenters. The number of nitrogens with zero attached hydrogens (tertiary/aromatic N) is 1. The van der Waals surface area contributed by atoms with Gasteiger partial charge >= 0.3 is 5.97 Å². The molecule has 0 saturated heterocycles. The van der Waals surface area contributed by atoms with E-state index < -0.39 is 5.97 Å². The van der Waals surface area contributed by atoms with E-state index in [1.807, 2.05) is 30.5 Å². The fourth-order valence-electron chi connectivity index (χ4n) is 2.13. The highest BCUT2D eigenvalue weighted by Gasteiger charge is 2.14. The van der Waals surface area contributed by atoms with Crippen molar-refractivity contribution in [3.05, 3.63) is 51.3 Å². The SMILES string of the molecule is Cc1ccsc1-c1cc(C(=O)O)c2ccc(Br)cc2n1. The number of carboxylic acid groups (broad SMARTS) is 1. The lowest BCUT2D eigenvalue weighted by Gasteiger charge is -2.07. The van der Waals surface area contributed by atoms with E-state index in [1.165, 1.54) is 0 Å². The van der Waals surface area contributed by atoms with E-state index in [-0.39, 0.29) is 5.56 Å². The number of thiophene rings is 1. The molecular formula is C15H10BrNO2S. The van der Waals surface area contributed by atoms with Gasteiger partial charge < -0.3 is 5.11 Å². The minimum atomic E-state index is -0.935. The maximum absolute atomic E-state index is 11.5. The zero-order valence-electron chi connectivity index (χ0n) is 10.6. The Morgan fingerprint density at radius 3 is 2.75 bits per heavy atom. The first-order chi connectivity index (χ1) is 9.56. The summed E-state index contributed by atoms with van der Waals surface area (Å²) in [6.45, 7) is 2.00. The number of pyridine rings is 1. The van der Waals surface area contributed by atoms with Gasteiger partial charge in [0.2, 0.25) is 0 Å². The lowest BCUT2D eigenvalue weighted by atomic mass is 10.1. The summed E-state index contributed by atoms with van der Waals surface area (Å²) < 4.78 is 0.883. The smallest absolute Gasteiger partial charge is 0.336 e. The number of halogens is 1. The predicted octanol–water partition coefficient (Wildman–Crippen LogP) is 4.73. The molecule has 0 bridgehead atoms. The molecule has 0 spiro atoms. The van der Waals surface area contributed by atoms with Crippen LogP contribution in [0.5, 0.6) is 0 Å². The molecule has 0 amide bonds. The number of aromatic carboxylic acids is 1. The van der Waals surface area contributed by atoms with Crippen molar-refractivity contribution in [3.8, 4) is 10.6 Å². The summed E-state index contributed by atoms with van der Waals surface area (Å²) in [5, 5.41) is 12.0. The van der Waals surface area contributed by atoms with Gasteiger partial charge in [-0.2, -0.15) is 0 Å². The van der Waals surface area contributed by atoms with Crippen LogP contribution in [0.25, 0.3) is 21.5 Å². The van der Waals surface area contributed by atoms with Crippen LogP contribution in [-0.4, -0.2) is 16.1 Å². The molecular weight excluding hydrogens is 338 g/mol. The van der Waals surface area contributed by atoms with Crippen molar-refractivity contribution in [2.24, 2.45) is 0 Å². The largest absolute Gasteiger partial charge is 0.478 e. The first-order valence-electron chi connectivity index (χ1n) is 5.94. The Labute approximate surface area is 128 Å². The van der Waals surface area contributed by atoms with Crippen LogP contribution in [0.3, 0.4) is 0 Å². The number of benzene rings is 1. The summed E-state index contributed by atoms with van der Waals surface area (Å²) in [5.74, 6) is -0.935. The van der Waals surface area contributed by atoms with Crippen LogP contribution in [0.1, 0.15) is 15.9 Å². The van der Waals surface area contributed by atoms with Crippen molar-refractivity contribution >= 4 is 44.1 Å². The van der Waals surface area contributed by atoms with Crippen LogP contribution in [-0.2, 0) is 0 Å². The average Bonchev–Trinajstić information content (AvgIpc) is 2.83. The Morgan fingerprint density at radius 1 is 1.30 bits per heavy atom. The lowest BCUT2D eigenvalue weighted by Crippen LogP contribution is -2.00. The van der Waals surface area contributed by atoms with Gasteiger partial charge in [-0.15, -0.1) is 11.3 Å². The number of carbonyl (C=O) groups is 1. The van der Waals surface area contributed by atoms with Gasteiger partial charge in [0.05, 0.1) is 21.7 Å². The third-order valence-electron chi connectivity index (χ3n) is 3.10. The summed E-state index contributed by atoms with van der Waals surface area (Å²) in [6.07, 6.45) is 0. The standard InChI is InChI=1S/C15H10BrNO2S/c1-8-4-5-20-14(8)13-7-11(15(18)19)10-3-2-9(16)6-12(10)17-13/h2-7H,1H3,(H,18,19). The van der Waals surface area contributed by atoms with E-state index in [1.54, 1.807) is 23.5 Å². The minimum absolute atomic E-state index is 0.283. The van der Waals surface area contributed by atoms with Crippen LogP contribution < -0.4 is 0 Å². The third-order valence-corrected chi connectivity index (χ3v) is 4.63. The van der Waals surface area contributed by atoms with E-state index in [0.717, 1.165) is 14.9 Å². The molecule has 0 aliphatic rings. The van der Waals surface area contributed by atoms with Crippen LogP contribution in [0.4, 0.5) is 0 Å². The summed E-state index contributed by atoms with van der Waals surface area (Å²) in [4.78, 5) is 17.1. The monoisotopic (exact) mass is 347 g/mol. The van der Waals surface area contributed by atoms with Gasteiger partial charge in [-0.1, -0.05) is 22.0 Å². The number of rotatable bonds is 2. The van der Waals surface area contributed by atoms with Crippen molar-refractivity contribution in [1.29, 1.82) is 0 Å². The van der Waals surface area contributed by atoms with Crippen molar-refractivity contribution in [2.75, 3.05) is 0 Å². The Balaban J connectivity index is 2.35. The van der Waals surface area contributed by atoms with E-state index in [9.17, 15) is 9.90 Å². The zero-order valence-corrected chi connectivity index (χ0v) is 13.0. The number of hydrogen-bond donors (Lipinski definition) is 1. The van der Waals surface area contributed by atoms with Crippen molar-refractivity contribution in [2.45, 2.75) is 6.92 Å². The van der Waals surface area contributed by atoms with E-state index in [0.29, 0.717) is 16.6 Å². The van der Waals surface area contributed by atoms with Crippen molar-refractivity contribution in [3.63, 3.8) is 0 Å². The van der Waals surface area contributed by atoms with Gasteiger partial charge in [-0.3, -0.25) is 0 Å². The van der Waals surface area contributed by atoms with Crippen LogP contribution in [0, 0.1) is 6.92 Å². The van der Waals surface area contributed by atoms with Crippen molar-refractivity contribution in [1.82, 2.24) is 4.98 Å². The second-order valence-electron chi connectivity index (χ2n) is 4.45. The first kappa shape index (κ1) is 13.3. The molecule has 0 radical (unpaired) electrons. The average molecular weight is 348 g/mol. The number of carboxylic acids is 1. The molecule has 2 heterocycles. The molecule has 0 aliphatic carbocycles. The molecule has 100 valence electrons. The summed E-state index contributed by atoms with van der Waals surface area (Å²) >= 11 is 4.97. The molecule has 5 heteroatoms. The highest BCUT2D eigenvalue weighted by molar-refractivity contribution is 9.10. The van der Waals surface area contributed by atoms with Gasteiger partial charge in [-0.05, 0) is 42.1 Å². The maximum atomic E-state index is 11.5. The normalized spacial score (nSPS) is 10.9. The summed E-state index contributed by atoms with van der Waals surface area (Å²) in [7, 11) is 0. The Kier molecular flexibility index (Phi) is 3.31. The molecule has 3 nitrogen and oxygen atoms in total. The number of hydrogen-bond acceptors (Lipinski definition) is 3. The minimum Gasteiger partial charge on any atom is -0.478 e. The topological polar surface area (TPSA) is 50.2 Å². The molecule has 0 saturated carbocycles. The van der Waals surface area contributed by atoms with Crippen LogP contribution >= 0.6 is 27.3 Å². The maximum Gasteiger partial charge on any atom is 0.336 e. The highest BCUT2D eigenvalue weighted by atomic mass is 79.9. The summed E-state index contributed by atoms with van der Waals surface area (Å²) in [6, 6.07) is 9.10. The fourth-order valence-corrected chi connectivity index (χ4v) is 3.37. The number of aromatic nitrogens is 1. The van der Waals surface area contributed by atoms with Crippen molar-refractivity contribution < 1.29 is 9.90 Å². The number of aryl methyl sites for hydroxylation is 1. The molecule has 0 atom stereocenters. The molecule has 20 heavy (non-hydrogen) atoms. The third kappa shape index (κ3) is 2.23. The van der Waals surface area contributed by atoms with E-state index >= 15 is 0 Å². The van der Waals surface area contributed by atoms with E-state index in [4.69, 9.17) is 0 Å². The molecule has 2 aromatic heterocycles. The summed E-state index contributed by atoms with van der Waals surface area (Å²) in [5.41, 5.74) is 2.78. The second-order valence-corrected chi connectivity index (χ2v) is 6.29. The van der Waals surface area contributed by atoms with E-state index in [2.05, 4.69) is 20.9 Å². The molecule has 0 fully saturated rings. The van der Waals surface area contributed by atoms with Crippen LogP contribution in [0.2, 0.25) is 0 Å². The quantitative estimate of drug-likeness (QED) is 0.728. The molecule has 1 aromatic carbocycles. The number of fused-ring (bicyclic) bond motifs is 1. The second kappa shape index (κ2) is 5.00. The molecule has 3 rings (SSSR count). The first-order valence-corrected chi connectivity index (χ1v) is 7.61. The van der Waals surface area contributed by atoms with Crippen LogP contribution in [0.15, 0.2) is 40.2 Å².